The molecule has 0 amide bonds. The van der Waals surface area contributed by atoms with Crippen molar-refractivity contribution in [2.75, 3.05) is 0 Å². The fourth-order valence-electron chi connectivity index (χ4n) is 4.60. The van der Waals surface area contributed by atoms with Gasteiger partial charge in [-0.15, -0.1) is 0 Å². The summed E-state index contributed by atoms with van der Waals surface area (Å²) in [5.74, 6) is 0.772. The molecule has 0 radical (unpaired) electrons. The zero-order valence-corrected chi connectivity index (χ0v) is 17.9. The van der Waals surface area contributed by atoms with Gasteiger partial charge in [-0.25, -0.2) is 9.67 Å². The molecular formula is C28H21N3O. The van der Waals surface area contributed by atoms with Gasteiger partial charge in [-0.3, -0.25) is 0 Å². The number of hydrogen-bond donors (Lipinski definition) is 0. The topological polar surface area (TPSA) is 43.9 Å². The summed E-state index contributed by atoms with van der Waals surface area (Å²) in [6.45, 7) is 4.25. The van der Waals surface area contributed by atoms with Crippen molar-refractivity contribution in [1.82, 2.24) is 14.8 Å². The molecule has 0 fully saturated rings. The second-order valence-corrected chi connectivity index (χ2v) is 8.10. The molecule has 154 valence electrons. The molecule has 4 heteroatoms. The Labute approximate surface area is 185 Å². The zero-order valence-electron chi connectivity index (χ0n) is 17.9. The van der Waals surface area contributed by atoms with E-state index in [0.29, 0.717) is 0 Å². The van der Waals surface area contributed by atoms with Crippen LogP contribution in [0.15, 0.2) is 95.7 Å². The highest BCUT2D eigenvalue weighted by Gasteiger charge is 2.19. The van der Waals surface area contributed by atoms with E-state index in [0.717, 1.165) is 50.1 Å². The largest absolute Gasteiger partial charge is 0.455 e. The van der Waals surface area contributed by atoms with Gasteiger partial charge in [0.1, 0.15) is 17.5 Å². The standard InChI is InChI=1S/C28H21N3O/c1-18-15-21(20-9-4-3-5-10-20)16-19(2)26(18)31-28(29-17-30-31)24-13-8-12-23-22-11-6-7-14-25(22)32-27(23)24/h3-17H,1-2H3. The monoisotopic (exact) mass is 415 g/mol. The van der Waals surface area contributed by atoms with Gasteiger partial charge in [-0.2, -0.15) is 5.10 Å². The molecule has 4 aromatic carbocycles. The van der Waals surface area contributed by atoms with E-state index < -0.39 is 0 Å². The second kappa shape index (κ2) is 7.20. The van der Waals surface area contributed by atoms with Gasteiger partial charge in [-0.05, 0) is 60.4 Å². The summed E-state index contributed by atoms with van der Waals surface area (Å²) < 4.78 is 8.19. The van der Waals surface area contributed by atoms with Gasteiger partial charge in [0.15, 0.2) is 5.82 Å². The Balaban J connectivity index is 1.54. The molecule has 6 rings (SSSR count). The minimum atomic E-state index is 0.772. The maximum absolute atomic E-state index is 6.25. The SMILES string of the molecule is Cc1cc(-c2ccccc2)cc(C)c1-n1ncnc1-c1cccc2c1oc1ccccc12. The Morgan fingerprint density at radius 3 is 2.25 bits per heavy atom. The molecule has 0 aliphatic heterocycles. The Kier molecular flexibility index (Phi) is 4.18. The molecule has 2 heterocycles. The highest BCUT2D eigenvalue weighted by atomic mass is 16.3. The van der Waals surface area contributed by atoms with Crippen LogP contribution < -0.4 is 0 Å². The molecule has 0 spiro atoms. The van der Waals surface area contributed by atoms with Crippen LogP contribution in [0.25, 0.3) is 50.1 Å². The van der Waals surface area contributed by atoms with E-state index in [1.54, 1.807) is 6.33 Å². The van der Waals surface area contributed by atoms with Crippen LogP contribution in [0.2, 0.25) is 0 Å². The van der Waals surface area contributed by atoms with Gasteiger partial charge in [0, 0.05) is 10.8 Å². The predicted molar refractivity (Wildman–Crippen MR) is 129 cm³/mol. The first kappa shape index (κ1) is 18.6. The first-order valence-electron chi connectivity index (χ1n) is 10.7. The van der Waals surface area contributed by atoms with Crippen molar-refractivity contribution in [3.63, 3.8) is 0 Å². The van der Waals surface area contributed by atoms with E-state index in [2.05, 4.69) is 78.5 Å². The van der Waals surface area contributed by atoms with Crippen molar-refractivity contribution < 1.29 is 4.42 Å². The molecule has 6 aromatic rings. The highest BCUT2D eigenvalue weighted by molar-refractivity contribution is 6.09. The molecular weight excluding hydrogens is 394 g/mol. The van der Waals surface area contributed by atoms with Crippen molar-refractivity contribution in [3.8, 4) is 28.2 Å². The van der Waals surface area contributed by atoms with Crippen molar-refractivity contribution in [1.29, 1.82) is 0 Å². The van der Waals surface area contributed by atoms with Crippen LogP contribution in [-0.2, 0) is 0 Å². The van der Waals surface area contributed by atoms with Crippen LogP contribution in [0, 0.1) is 13.8 Å². The second-order valence-electron chi connectivity index (χ2n) is 8.10. The number of para-hydroxylation sites is 2. The van der Waals surface area contributed by atoms with E-state index in [1.165, 1.54) is 11.1 Å². The maximum Gasteiger partial charge on any atom is 0.166 e. The van der Waals surface area contributed by atoms with Gasteiger partial charge in [0.2, 0.25) is 0 Å². The molecule has 0 unspecified atom stereocenters. The first-order valence-corrected chi connectivity index (χ1v) is 10.7. The number of rotatable bonds is 3. The number of nitrogens with zero attached hydrogens (tertiary/aromatic N) is 3. The van der Waals surface area contributed by atoms with Gasteiger partial charge in [0.05, 0.1) is 11.3 Å². The van der Waals surface area contributed by atoms with Crippen molar-refractivity contribution >= 4 is 21.9 Å². The highest BCUT2D eigenvalue weighted by Crippen LogP contribution is 2.36. The van der Waals surface area contributed by atoms with Gasteiger partial charge in [0.25, 0.3) is 0 Å². The quantitative estimate of drug-likeness (QED) is 0.309. The van der Waals surface area contributed by atoms with Crippen molar-refractivity contribution in [2.45, 2.75) is 13.8 Å². The van der Waals surface area contributed by atoms with Crippen LogP contribution in [0.5, 0.6) is 0 Å². The average Bonchev–Trinajstić information content (AvgIpc) is 3.44. The lowest BCUT2D eigenvalue weighted by Gasteiger charge is -2.15. The van der Waals surface area contributed by atoms with Gasteiger partial charge < -0.3 is 4.42 Å². The van der Waals surface area contributed by atoms with E-state index in [9.17, 15) is 0 Å². The minimum absolute atomic E-state index is 0.772. The molecule has 32 heavy (non-hydrogen) atoms. The summed E-state index contributed by atoms with van der Waals surface area (Å²) in [6.07, 6.45) is 1.61. The van der Waals surface area contributed by atoms with Crippen LogP contribution in [-0.4, -0.2) is 14.8 Å². The zero-order chi connectivity index (χ0) is 21.7. The summed E-state index contributed by atoms with van der Waals surface area (Å²) in [7, 11) is 0. The summed E-state index contributed by atoms with van der Waals surface area (Å²) in [5, 5.41) is 6.80. The minimum Gasteiger partial charge on any atom is -0.455 e. The third-order valence-electron chi connectivity index (χ3n) is 6.00. The Hall–Kier alpha value is -4.18. The normalized spacial score (nSPS) is 11.4. The Morgan fingerprint density at radius 2 is 1.44 bits per heavy atom. The van der Waals surface area contributed by atoms with Crippen LogP contribution in [0.4, 0.5) is 0 Å². The van der Waals surface area contributed by atoms with E-state index in [4.69, 9.17) is 4.42 Å². The third kappa shape index (κ3) is 2.84. The molecule has 2 aromatic heterocycles. The van der Waals surface area contributed by atoms with Crippen LogP contribution in [0.1, 0.15) is 11.1 Å². The molecule has 0 aliphatic carbocycles. The summed E-state index contributed by atoms with van der Waals surface area (Å²) in [6, 6.07) is 29.2. The molecule has 0 bridgehead atoms. The fraction of sp³-hybridized carbons (Fsp3) is 0.0714. The lowest BCUT2D eigenvalue weighted by Crippen LogP contribution is -2.05. The summed E-state index contributed by atoms with van der Waals surface area (Å²) in [5.41, 5.74) is 8.38. The van der Waals surface area contributed by atoms with Gasteiger partial charge >= 0.3 is 0 Å². The summed E-state index contributed by atoms with van der Waals surface area (Å²) in [4.78, 5) is 4.64. The molecule has 0 N–H and O–H groups in total. The number of hydrogen-bond acceptors (Lipinski definition) is 3. The van der Waals surface area contributed by atoms with E-state index in [1.807, 2.05) is 35.0 Å². The first-order chi connectivity index (χ1) is 15.7. The number of aryl methyl sites for hydroxylation is 2. The summed E-state index contributed by atoms with van der Waals surface area (Å²) >= 11 is 0. The van der Waals surface area contributed by atoms with E-state index in [-0.39, 0.29) is 0 Å². The van der Waals surface area contributed by atoms with Crippen LogP contribution >= 0.6 is 0 Å². The predicted octanol–water partition coefficient (Wildman–Crippen LogP) is 7.12. The number of aromatic nitrogens is 3. The smallest absolute Gasteiger partial charge is 0.166 e. The average molecular weight is 415 g/mol. The van der Waals surface area contributed by atoms with Gasteiger partial charge in [-0.1, -0.05) is 60.7 Å². The Morgan fingerprint density at radius 1 is 0.719 bits per heavy atom. The number of fused-ring (bicyclic) bond motifs is 3. The molecule has 0 atom stereocenters. The molecule has 4 nitrogen and oxygen atoms in total. The number of benzene rings is 4. The lowest BCUT2D eigenvalue weighted by atomic mass is 9.98. The lowest BCUT2D eigenvalue weighted by molar-refractivity contribution is 0.669. The molecule has 0 aliphatic rings. The van der Waals surface area contributed by atoms with E-state index >= 15 is 0 Å². The third-order valence-corrected chi connectivity index (χ3v) is 6.00. The van der Waals surface area contributed by atoms with Crippen molar-refractivity contribution in [2.24, 2.45) is 0 Å². The molecule has 0 saturated heterocycles. The molecule has 0 saturated carbocycles. The fourth-order valence-corrected chi connectivity index (χ4v) is 4.60. The maximum atomic E-state index is 6.25. The van der Waals surface area contributed by atoms with Crippen molar-refractivity contribution in [3.05, 3.63) is 102 Å². The Bertz CT molecular complexity index is 1570. The number of furan rings is 1. The van der Waals surface area contributed by atoms with Crippen LogP contribution in [0.3, 0.4) is 0 Å².